The summed E-state index contributed by atoms with van der Waals surface area (Å²) in [6.07, 6.45) is -0.370. The van der Waals surface area contributed by atoms with Gasteiger partial charge in [0.25, 0.3) is 0 Å². The molecule has 19 heavy (non-hydrogen) atoms. The highest BCUT2D eigenvalue weighted by molar-refractivity contribution is 7.99. The molecule has 2 unspecified atom stereocenters. The van der Waals surface area contributed by atoms with Gasteiger partial charge in [-0.15, -0.1) is 0 Å². The van der Waals surface area contributed by atoms with E-state index in [4.69, 9.17) is 10.5 Å². The van der Waals surface area contributed by atoms with Crippen LogP contribution in [0.5, 0.6) is 0 Å². The van der Waals surface area contributed by atoms with E-state index in [0.29, 0.717) is 19.1 Å². The second kappa shape index (κ2) is 7.36. The molecule has 2 atom stereocenters. The average molecular weight is 289 g/mol. The van der Waals surface area contributed by atoms with Crippen molar-refractivity contribution in [3.63, 3.8) is 0 Å². The van der Waals surface area contributed by atoms with Gasteiger partial charge in [-0.2, -0.15) is 11.8 Å². The normalized spacial score (nSPS) is 22.9. The smallest absolute Gasteiger partial charge is 0.407 e. The molecule has 0 aromatic carbocycles. The average Bonchev–Trinajstić information content (AvgIpc) is 2.29. The number of carbonyl (C=O) groups excluding carboxylic acids is 1. The molecule has 0 aromatic heterocycles. The minimum absolute atomic E-state index is 0.184. The molecule has 1 rings (SSSR count). The first-order valence-corrected chi connectivity index (χ1v) is 7.99. The van der Waals surface area contributed by atoms with E-state index in [1.165, 1.54) is 0 Å². The van der Waals surface area contributed by atoms with Gasteiger partial charge in [-0.3, -0.25) is 4.90 Å². The molecule has 1 aliphatic heterocycles. The van der Waals surface area contributed by atoms with Gasteiger partial charge in [0.2, 0.25) is 0 Å². The van der Waals surface area contributed by atoms with E-state index in [9.17, 15) is 4.79 Å². The second-order valence-corrected chi connectivity index (χ2v) is 7.08. The predicted molar refractivity (Wildman–Crippen MR) is 80.6 cm³/mol. The molecule has 0 aliphatic carbocycles. The Kier molecular flexibility index (Phi) is 6.42. The number of thioether (sulfide) groups is 1. The minimum Gasteiger partial charge on any atom is -0.444 e. The molecule has 0 bridgehead atoms. The zero-order valence-corrected chi connectivity index (χ0v) is 13.3. The Bertz CT molecular complexity index is 294. The number of rotatable bonds is 4. The number of alkyl carbamates (subject to hydrolysis) is 1. The van der Waals surface area contributed by atoms with Crippen LogP contribution in [0.15, 0.2) is 0 Å². The topological polar surface area (TPSA) is 67.6 Å². The van der Waals surface area contributed by atoms with Crippen LogP contribution in [-0.4, -0.2) is 59.8 Å². The lowest BCUT2D eigenvalue weighted by atomic mass is 10.2. The maximum Gasteiger partial charge on any atom is 0.407 e. The Hall–Kier alpha value is -0.460. The summed E-state index contributed by atoms with van der Waals surface area (Å²) < 4.78 is 5.23. The molecule has 3 N–H and O–H groups in total. The van der Waals surface area contributed by atoms with Crippen LogP contribution >= 0.6 is 11.8 Å². The Balaban J connectivity index is 2.42. The summed E-state index contributed by atoms with van der Waals surface area (Å²) >= 11 is 1.97. The first-order chi connectivity index (χ1) is 8.83. The molecule has 6 heteroatoms. The molecular weight excluding hydrogens is 262 g/mol. The molecule has 112 valence electrons. The third kappa shape index (κ3) is 6.01. The molecule has 5 nitrogen and oxygen atoms in total. The van der Waals surface area contributed by atoms with E-state index < -0.39 is 5.60 Å². The molecule has 1 aliphatic rings. The van der Waals surface area contributed by atoms with Gasteiger partial charge in [-0.05, 0) is 27.7 Å². The summed E-state index contributed by atoms with van der Waals surface area (Å²) in [5.41, 5.74) is 5.38. The highest BCUT2D eigenvalue weighted by Crippen LogP contribution is 2.18. The molecule has 0 radical (unpaired) electrons. The van der Waals surface area contributed by atoms with E-state index in [1.54, 1.807) is 0 Å². The van der Waals surface area contributed by atoms with Gasteiger partial charge in [0.05, 0.1) is 0 Å². The number of ether oxygens (including phenoxy) is 1. The fourth-order valence-electron chi connectivity index (χ4n) is 2.13. The molecule has 0 saturated carbocycles. The molecule has 0 aromatic rings. The Labute approximate surface area is 120 Å². The van der Waals surface area contributed by atoms with Gasteiger partial charge >= 0.3 is 6.09 Å². The van der Waals surface area contributed by atoms with Crippen LogP contribution in [-0.2, 0) is 4.74 Å². The molecule has 1 saturated heterocycles. The van der Waals surface area contributed by atoms with Gasteiger partial charge in [0.15, 0.2) is 0 Å². The first-order valence-electron chi connectivity index (χ1n) is 6.84. The van der Waals surface area contributed by atoms with Crippen LogP contribution in [0.25, 0.3) is 0 Å². The monoisotopic (exact) mass is 289 g/mol. The summed E-state index contributed by atoms with van der Waals surface area (Å²) in [5.74, 6) is 2.26. The zero-order valence-electron chi connectivity index (χ0n) is 12.4. The standard InChI is InChI=1S/C13H27N3O2S/c1-10-9-19-6-5-16(10)11(7-14)8-15-12(17)18-13(2,3)4/h10-11H,5-9,14H2,1-4H3,(H,15,17). The molecular formula is C13H27N3O2S. The number of hydrogen-bond acceptors (Lipinski definition) is 5. The SMILES string of the molecule is CC1CSCCN1C(CN)CNC(=O)OC(C)(C)C. The summed E-state index contributed by atoms with van der Waals surface area (Å²) in [6.45, 7) is 9.90. The number of nitrogens with two attached hydrogens (primary N) is 1. The second-order valence-electron chi connectivity index (χ2n) is 5.93. The maximum atomic E-state index is 11.6. The highest BCUT2D eigenvalue weighted by atomic mass is 32.2. The van der Waals surface area contributed by atoms with Gasteiger partial charge < -0.3 is 15.8 Å². The largest absolute Gasteiger partial charge is 0.444 e. The lowest BCUT2D eigenvalue weighted by Gasteiger charge is -2.39. The van der Waals surface area contributed by atoms with Crippen LogP contribution in [0.1, 0.15) is 27.7 Å². The van der Waals surface area contributed by atoms with Crippen LogP contribution in [0, 0.1) is 0 Å². The lowest BCUT2D eigenvalue weighted by Crippen LogP contribution is -2.54. The number of nitrogens with one attached hydrogen (secondary N) is 1. The number of carbonyl (C=O) groups is 1. The van der Waals surface area contributed by atoms with Gasteiger partial charge in [0.1, 0.15) is 5.60 Å². The van der Waals surface area contributed by atoms with Crippen LogP contribution < -0.4 is 11.1 Å². The van der Waals surface area contributed by atoms with Crippen molar-refractivity contribution in [2.75, 3.05) is 31.1 Å². The van der Waals surface area contributed by atoms with Crippen LogP contribution in [0.4, 0.5) is 4.79 Å². The minimum atomic E-state index is -0.461. The van der Waals surface area contributed by atoms with Crippen molar-refractivity contribution in [2.45, 2.75) is 45.4 Å². The lowest BCUT2D eigenvalue weighted by molar-refractivity contribution is 0.0502. The number of amides is 1. The first kappa shape index (κ1) is 16.6. The zero-order chi connectivity index (χ0) is 14.5. The van der Waals surface area contributed by atoms with Gasteiger partial charge in [0, 0.05) is 43.2 Å². The summed E-state index contributed by atoms with van der Waals surface area (Å²) in [5, 5.41) is 2.82. The van der Waals surface area contributed by atoms with Crippen molar-refractivity contribution < 1.29 is 9.53 Å². The highest BCUT2D eigenvalue weighted by Gasteiger charge is 2.26. The van der Waals surface area contributed by atoms with Crippen LogP contribution in [0.2, 0.25) is 0 Å². The van der Waals surface area contributed by atoms with Crippen molar-refractivity contribution in [1.82, 2.24) is 10.2 Å². The Morgan fingerprint density at radius 1 is 1.58 bits per heavy atom. The maximum absolute atomic E-state index is 11.6. The quantitative estimate of drug-likeness (QED) is 0.816. The third-order valence-corrected chi connectivity index (χ3v) is 4.23. The molecule has 0 spiro atoms. The summed E-state index contributed by atoms with van der Waals surface area (Å²) in [6, 6.07) is 0.691. The van der Waals surface area contributed by atoms with Gasteiger partial charge in [-0.1, -0.05) is 0 Å². The number of hydrogen-bond donors (Lipinski definition) is 2. The molecule has 1 heterocycles. The van der Waals surface area contributed by atoms with Crippen molar-refractivity contribution in [1.29, 1.82) is 0 Å². The van der Waals surface area contributed by atoms with Crippen LogP contribution in [0.3, 0.4) is 0 Å². The Morgan fingerprint density at radius 3 is 2.79 bits per heavy atom. The fourth-order valence-corrected chi connectivity index (χ4v) is 3.17. The van der Waals surface area contributed by atoms with E-state index in [-0.39, 0.29) is 12.1 Å². The third-order valence-electron chi connectivity index (χ3n) is 3.04. The molecule has 1 fully saturated rings. The fraction of sp³-hybridized carbons (Fsp3) is 0.923. The Morgan fingerprint density at radius 2 is 2.26 bits per heavy atom. The van der Waals surface area contributed by atoms with Crippen molar-refractivity contribution in [3.8, 4) is 0 Å². The molecule has 1 amide bonds. The van der Waals surface area contributed by atoms with E-state index in [0.717, 1.165) is 18.1 Å². The van der Waals surface area contributed by atoms with E-state index in [1.807, 2.05) is 32.5 Å². The number of nitrogens with zero attached hydrogens (tertiary/aromatic N) is 1. The van der Waals surface area contributed by atoms with Crippen molar-refractivity contribution >= 4 is 17.9 Å². The van der Waals surface area contributed by atoms with Crippen molar-refractivity contribution in [2.24, 2.45) is 5.73 Å². The van der Waals surface area contributed by atoms with Gasteiger partial charge in [-0.25, -0.2) is 4.79 Å². The van der Waals surface area contributed by atoms with E-state index in [2.05, 4.69) is 17.1 Å². The van der Waals surface area contributed by atoms with E-state index >= 15 is 0 Å². The summed E-state index contributed by atoms with van der Waals surface area (Å²) in [4.78, 5) is 14.0. The summed E-state index contributed by atoms with van der Waals surface area (Å²) in [7, 11) is 0. The predicted octanol–water partition coefficient (Wildman–Crippen LogP) is 1.28. The van der Waals surface area contributed by atoms with Crippen molar-refractivity contribution in [3.05, 3.63) is 0 Å².